The molecular formula is C31H26BrN3O4. The molecule has 0 saturated carbocycles. The zero-order valence-electron chi connectivity index (χ0n) is 21.2. The molecule has 3 aromatic carbocycles. The lowest BCUT2D eigenvalue weighted by atomic mass is 9.91. The van der Waals surface area contributed by atoms with Crippen LogP contribution < -0.4 is 10.1 Å². The van der Waals surface area contributed by atoms with Gasteiger partial charge in [-0.3, -0.25) is 14.0 Å². The number of benzene rings is 3. The average molecular weight is 584 g/mol. The molecule has 0 amide bonds. The topological polar surface area (TPSA) is 81.9 Å². The zero-order valence-corrected chi connectivity index (χ0v) is 22.8. The first-order valence-electron chi connectivity index (χ1n) is 12.5. The third-order valence-electron chi connectivity index (χ3n) is 6.12. The molecule has 39 heavy (non-hydrogen) atoms. The maximum absolute atomic E-state index is 13.5. The summed E-state index contributed by atoms with van der Waals surface area (Å²) < 4.78 is 13.7. The Kier molecular flexibility index (Phi) is 8.03. The van der Waals surface area contributed by atoms with Crippen LogP contribution in [0.25, 0.3) is 16.9 Å². The van der Waals surface area contributed by atoms with Crippen LogP contribution >= 0.6 is 15.9 Å². The number of anilines is 1. The van der Waals surface area contributed by atoms with Crippen molar-refractivity contribution in [2.75, 3.05) is 18.5 Å². The second-order valence-corrected chi connectivity index (χ2v) is 9.66. The molecule has 0 saturated heterocycles. The van der Waals surface area contributed by atoms with Crippen LogP contribution in [0.3, 0.4) is 0 Å². The third kappa shape index (κ3) is 6.02. The van der Waals surface area contributed by atoms with Gasteiger partial charge in [-0.1, -0.05) is 72.8 Å². The molecule has 0 unspecified atom stereocenters. The Labute approximate surface area is 234 Å². The average Bonchev–Trinajstić information content (AvgIpc) is 3.31. The highest BCUT2D eigenvalue weighted by atomic mass is 79.9. The van der Waals surface area contributed by atoms with Crippen molar-refractivity contribution in [3.63, 3.8) is 0 Å². The van der Waals surface area contributed by atoms with Crippen molar-refractivity contribution in [2.45, 2.75) is 12.8 Å². The van der Waals surface area contributed by atoms with Crippen LogP contribution in [0.2, 0.25) is 0 Å². The Balaban J connectivity index is 1.48. The first-order chi connectivity index (χ1) is 19.0. The van der Waals surface area contributed by atoms with Gasteiger partial charge in [-0.2, -0.15) is 0 Å². The Morgan fingerprint density at radius 3 is 2.28 bits per heavy atom. The summed E-state index contributed by atoms with van der Waals surface area (Å²) in [6.07, 6.45) is 1.87. The third-order valence-corrected chi connectivity index (χ3v) is 6.58. The summed E-state index contributed by atoms with van der Waals surface area (Å²) in [4.78, 5) is 30.4. The molecule has 0 radical (unpaired) electrons. The SMILES string of the molecule is CCOC(=O)CNc1c(-c2cccc(OC(=O)C(c3ccccc3)c3ccccc3)c2)nc2ccc(Br)cn12. The Hall–Kier alpha value is -4.43. The van der Waals surface area contributed by atoms with Gasteiger partial charge in [-0.05, 0) is 58.2 Å². The fourth-order valence-electron chi connectivity index (χ4n) is 4.39. The molecule has 0 spiro atoms. The van der Waals surface area contributed by atoms with E-state index in [2.05, 4.69) is 21.2 Å². The number of rotatable bonds is 9. The van der Waals surface area contributed by atoms with E-state index in [0.29, 0.717) is 29.5 Å². The van der Waals surface area contributed by atoms with Gasteiger partial charge in [0.15, 0.2) is 0 Å². The first kappa shape index (κ1) is 26.2. The standard InChI is InChI=1S/C31H26BrN3O4/c1-2-38-27(36)19-33-30-29(34-26-17-16-24(32)20-35(26)30)23-14-9-15-25(18-23)39-31(37)28(21-10-5-3-6-11-21)22-12-7-4-8-13-22/h3-18,20,28,33H,2,19H2,1H3. The number of hydrogen-bond donors (Lipinski definition) is 1. The van der Waals surface area contributed by atoms with E-state index in [-0.39, 0.29) is 18.5 Å². The molecule has 5 aromatic rings. The summed E-state index contributed by atoms with van der Waals surface area (Å²) in [7, 11) is 0. The molecule has 5 rings (SSSR count). The summed E-state index contributed by atoms with van der Waals surface area (Å²) >= 11 is 3.50. The molecule has 8 heteroatoms. The van der Waals surface area contributed by atoms with Crippen LogP contribution in [0.5, 0.6) is 5.75 Å². The van der Waals surface area contributed by atoms with Crippen LogP contribution in [0, 0.1) is 0 Å². The lowest BCUT2D eigenvalue weighted by molar-refractivity contribution is -0.141. The van der Waals surface area contributed by atoms with E-state index in [1.54, 1.807) is 19.1 Å². The summed E-state index contributed by atoms with van der Waals surface area (Å²) in [5.41, 5.74) is 3.72. The quantitative estimate of drug-likeness (QED) is 0.158. The molecular weight excluding hydrogens is 558 g/mol. The molecule has 1 N–H and O–H groups in total. The molecule has 2 aromatic heterocycles. The Morgan fingerprint density at radius 1 is 0.923 bits per heavy atom. The number of fused-ring (bicyclic) bond motifs is 1. The molecule has 196 valence electrons. The number of hydrogen-bond acceptors (Lipinski definition) is 6. The Bertz CT molecular complexity index is 1560. The minimum absolute atomic E-state index is 0.0222. The maximum Gasteiger partial charge on any atom is 0.325 e. The van der Waals surface area contributed by atoms with Gasteiger partial charge in [0.05, 0.1) is 6.61 Å². The second-order valence-electron chi connectivity index (χ2n) is 8.75. The zero-order chi connectivity index (χ0) is 27.2. The highest BCUT2D eigenvalue weighted by Gasteiger charge is 2.25. The summed E-state index contributed by atoms with van der Waals surface area (Å²) in [6.45, 7) is 2.04. The van der Waals surface area contributed by atoms with E-state index in [0.717, 1.165) is 21.2 Å². The number of carbonyl (C=O) groups excluding carboxylic acids is 2. The number of pyridine rings is 1. The number of aromatic nitrogens is 2. The number of nitrogens with one attached hydrogen (secondary N) is 1. The van der Waals surface area contributed by atoms with Gasteiger partial charge in [-0.25, -0.2) is 4.98 Å². The van der Waals surface area contributed by atoms with E-state index in [1.165, 1.54) is 0 Å². The summed E-state index contributed by atoms with van der Waals surface area (Å²) in [5.74, 6) is -0.322. The van der Waals surface area contributed by atoms with Gasteiger partial charge in [0.1, 0.15) is 35.4 Å². The fourth-order valence-corrected chi connectivity index (χ4v) is 4.73. The number of ether oxygens (including phenoxy) is 2. The van der Waals surface area contributed by atoms with Crippen molar-refractivity contribution in [3.05, 3.63) is 119 Å². The van der Waals surface area contributed by atoms with Crippen LogP contribution in [-0.2, 0) is 14.3 Å². The van der Waals surface area contributed by atoms with Crippen molar-refractivity contribution in [1.82, 2.24) is 9.38 Å². The number of nitrogens with zero attached hydrogens (tertiary/aromatic N) is 2. The van der Waals surface area contributed by atoms with Crippen molar-refractivity contribution in [2.24, 2.45) is 0 Å². The first-order valence-corrected chi connectivity index (χ1v) is 13.3. The molecule has 0 aliphatic carbocycles. The minimum atomic E-state index is -0.578. The molecule has 7 nitrogen and oxygen atoms in total. The van der Waals surface area contributed by atoms with E-state index >= 15 is 0 Å². The smallest absolute Gasteiger partial charge is 0.325 e. The van der Waals surface area contributed by atoms with Crippen LogP contribution in [0.4, 0.5) is 5.82 Å². The van der Waals surface area contributed by atoms with Crippen LogP contribution in [0.1, 0.15) is 24.0 Å². The number of esters is 2. The highest BCUT2D eigenvalue weighted by molar-refractivity contribution is 9.10. The normalized spacial score (nSPS) is 10.9. The largest absolute Gasteiger partial charge is 0.465 e. The lowest BCUT2D eigenvalue weighted by Crippen LogP contribution is -2.20. The lowest BCUT2D eigenvalue weighted by Gasteiger charge is -2.17. The highest BCUT2D eigenvalue weighted by Crippen LogP contribution is 2.33. The molecule has 0 fully saturated rings. The van der Waals surface area contributed by atoms with Crippen LogP contribution in [-0.4, -0.2) is 34.5 Å². The van der Waals surface area contributed by atoms with Crippen molar-refractivity contribution in [1.29, 1.82) is 0 Å². The van der Waals surface area contributed by atoms with Crippen molar-refractivity contribution < 1.29 is 19.1 Å². The van der Waals surface area contributed by atoms with E-state index in [1.807, 2.05) is 95.5 Å². The molecule has 2 heterocycles. The summed E-state index contributed by atoms with van der Waals surface area (Å²) in [5, 5.41) is 3.17. The predicted octanol–water partition coefficient (Wildman–Crippen LogP) is 6.48. The van der Waals surface area contributed by atoms with Crippen molar-refractivity contribution >= 4 is 39.3 Å². The van der Waals surface area contributed by atoms with Crippen LogP contribution in [0.15, 0.2) is 108 Å². The molecule has 0 aliphatic heterocycles. The van der Waals surface area contributed by atoms with E-state index < -0.39 is 5.92 Å². The number of carbonyl (C=O) groups is 2. The van der Waals surface area contributed by atoms with Gasteiger partial charge in [0, 0.05) is 16.2 Å². The molecule has 0 bridgehead atoms. The number of imidazole rings is 1. The van der Waals surface area contributed by atoms with E-state index in [4.69, 9.17) is 14.5 Å². The Morgan fingerprint density at radius 2 is 1.62 bits per heavy atom. The second kappa shape index (κ2) is 12.0. The van der Waals surface area contributed by atoms with Gasteiger partial charge in [0.25, 0.3) is 0 Å². The monoisotopic (exact) mass is 583 g/mol. The molecule has 0 aliphatic rings. The fraction of sp³-hybridized carbons (Fsp3) is 0.129. The maximum atomic E-state index is 13.5. The van der Waals surface area contributed by atoms with Crippen molar-refractivity contribution in [3.8, 4) is 17.0 Å². The van der Waals surface area contributed by atoms with Gasteiger partial charge in [0.2, 0.25) is 0 Å². The number of halogens is 1. The van der Waals surface area contributed by atoms with Gasteiger partial charge >= 0.3 is 11.9 Å². The minimum Gasteiger partial charge on any atom is -0.465 e. The molecule has 0 atom stereocenters. The summed E-state index contributed by atoms with van der Waals surface area (Å²) in [6, 6.07) is 30.1. The van der Waals surface area contributed by atoms with Gasteiger partial charge in [-0.15, -0.1) is 0 Å². The van der Waals surface area contributed by atoms with E-state index in [9.17, 15) is 9.59 Å². The predicted molar refractivity (Wildman–Crippen MR) is 154 cm³/mol. The van der Waals surface area contributed by atoms with Gasteiger partial charge < -0.3 is 14.8 Å².